The number of aliphatic hydroxyl groups is 2. The maximum absolute atomic E-state index is 12.4. The van der Waals surface area contributed by atoms with Gasteiger partial charge in [0.15, 0.2) is 0 Å². The Morgan fingerprint density at radius 2 is 0.871 bits per heavy atom. The van der Waals surface area contributed by atoms with Gasteiger partial charge in [-0.05, 0) is 89.9 Å². The van der Waals surface area contributed by atoms with Crippen LogP contribution in [0.15, 0.2) is 60.8 Å². The van der Waals surface area contributed by atoms with Crippen LogP contribution in [0, 0.1) is 0 Å². The van der Waals surface area contributed by atoms with Gasteiger partial charge >= 0.3 is 5.97 Å². The standard InChI is InChI=1S/C56H101NO5/c1-3-5-7-9-11-13-15-17-19-21-24-28-32-36-40-44-48-54(59)53(52-58)57-55(60)49-45-41-37-33-29-25-22-20-23-27-31-35-39-43-47-51-62-56(61)50-46-42-38-34-30-26-18-16-14-12-10-8-6-4-2/h10,12,16,18,20,23,27,31,44,48,53-54,58-59H,3-9,11,13-15,17,19,21-22,24-26,28-30,32-43,45-47,49-52H2,1-2H3,(H,57,60)/b12-10-,18-16-,23-20-,31-27-,48-44+. The molecular weight excluding hydrogens is 767 g/mol. The van der Waals surface area contributed by atoms with E-state index in [0.29, 0.717) is 19.4 Å². The van der Waals surface area contributed by atoms with Crippen molar-refractivity contribution in [1.29, 1.82) is 0 Å². The van der Waals surface area contributed by atoms with Gasteiger partial charge in [0.1, 0.15) is 0 Å². The predicted octanol–water partition coefficient (Wildman–Crippen LogP) is 16.0. The fourth-order valence-electron chi connectivity index (χ4n) is 7.64. The summed E-state index contributed by atoms with van der Waals surface area (Å²) >= 11 is 0. The van der Waals surface area contributed by atoms with Crippen LogP contribution in [0.3, 0.4) is 0 Å². The van der Waals surface area contributed by atoms with E-state index < -0.39 is 12.1 Å². The third-order valence-corrected chi connectivity index (χ3v) is 11.8. The largest absolute Gasteiger partial charge is 0.466 e. The van der Waals surface area contributed by atoms with Gasteiger partial charge in [0, 0.05) is 12.8 Å². The Balaban J connectivity index is 3.58. The van der Waals surface area contributed by atoms with Gasteiger partial charge in [-0.15, -0.1) is 0 Å². The Hall–Kier alpha value is -2.44. The zero-order valence-corrected chi connectivity index (χ0v) is 40.8. The summed E-state index contributed by atoms with van der Waals surface area (Å²) in [6.45, 7) is 4.79. The van der Waals surface area contributed by atoms with E-state index in [1.807, 2.05) is 6.08 Å². The number of amides is 1. The van der Waals surface area contributed by atoms with Crippen LogP contribution in [0.2, 0.25) is 0 Å². The lowest BCUT2D eigenvalue weighted by molar-refractivity contribution is -0.143. The van der Waals surface area contributed by atoms with Crippen molar-refractivity contribution < 1.29 is 24.5 Å². The summed E-state index contributed by atoms with van der Waals surface area (Å²) in [5.41, 5.74) is 0. The molecule has 1 amide bonds. The molecule has 0 saturated heterocycles. The summed E-state index contributed by atoms with van der Waals surface area (Å²) in [6.07, 6.45) is 65.1. The van der Waals surface area contributed by atoms with Crippen molar-refractivity contribution in [1.82, 2.24) is 5.32 Å². The highest BCUT2D eigenvalue weighted by Crippen LogP contribution is 2.15. The van der Waals surface area contributed by atoms with Gasteiger partial charge < -0.3 is 20.3 Å². The zero-order chi connectivity index (χ0) is 45.1. The fraction of sp³-hybridized carbons (Fsp3) is 0.786. The maximum Gasteiger partial charge on any atom is 0.305 e. The van der Waals surface area contributed by atoms with Gasteiger partial charge in [-0.1, -0.05) is 216 Å². The Kier molecular flexibility index (Phi) is 49.2. The molecule has 0 saturated carbocycles. The summed E-state index contributed by atoms with van der Waals surface area (Å²) in [4.78, 5) is 24.4. The molecule has 6 nitrogen and oxygen atoms in total. The van der Waals surface area contributed by atoms with Crippen LogP contribution in [0.1, 0.15) is 258 Å². The molecular formula is C56H101NO5. The van der Waals surface area contributed by atoms with Crippen molar-refractivity contribution in [3.8, 4) is 0 Å². The summed E-state index contributed by atoms with van der Waals surface area (Å²) in [6, 6.07) is -0.646. The van der Waals surface area contributed by atoms with Crippen molar-refractivity contribution in [3.05, 3.63) is 60.8 Å². The van der Waals surface area contributed by atoms with E-state index in [9.17, 15) is 19.8 Å². The Labute approximate surface area is 384 Å². The number of carbonyl (C=O) groups excluding carboxylic acids is 2. The quantitative estimate of drug-likeness (QED) is 0.0245. The SMILES string of the molecule is CCCC/C=C\C/C=C\CCCCCCCC(=O)OCCCCC/C=C\C=C/CCCCCCCCC(=O)NC(CO)C(O)/C=C/CCCCCCCCCCCCCCCC. The Morgan fingerprint density at radius 3 is 1.37 bits per heavy atom. The van der Waals surface area contributed by atoms with E-state index in [0.717, 1.165) is 89.9 Å². The first-order valence-electron chi connectivity index (χ1n) is 26.6. The van der Waals surface area contributed by atoms with Crippen molar-refractivity contribution in [2.24, 2.45) is 0 Å². The molecule has 0 aliphatic heterocycles. The fourth-order valence-corrected chi connectivity index (χ4v) is 7.64. The van der Waals surface area contributed by atoms with Crippen LogP contribution in [0.4, 0.5) is 0 Å². The molecule has 6 heteroatoms. The zero-order valence-electron chi connectivity index (χ0n) is 40.8. The molecule has 0 aromatic heterocycles. The normalized spacial score (nSPS) is 13.2. The average Bonchev–Trinajstić information content (AvgIpc) is 3.27. The highest BCUT2D eigenvalue weighted by molar-refractivity contribution is 5.76. The van der Waals surface area contributed by atoms with Crippen LogP contribution < -0.4 is 5.32 Å². The number of carbonyl (C=O) groups is 2. The van der Waals surface area contributed by atoms with Crippen molar-refractivity contribution in [2.45, 2.75) is 270 Å². The van der Waals surface area contributed by atoms with E-state index in [4.69, 9.17) is 4.74 Å². The van der Waals surface area contributed by atoms with Crippen LogP contribution >= 0.6 is 0 Å². The minimum atomic E-state index is -0.860. The van der Waals surface area contributed by atoms with Gasteiger partial charge in [-0.3, -0.25) is 9.59 Å². The molecule has 0 aromatic carbocycles. The van der Waals surface area contributed by atoms with E-state index >= 15 is 0 Å². The monoisotopic (exact) mass is 868 g/mol. The van der Waals surface area contributed by atoms with Crippen molar-refractivity contribution in [3.63, 3.8) is 0 Å². The second-order valence-corrected chi connectivity index (χ2v) is 17.9. The third kappa shape index (κ3) is 47.0. The van der Waals surface area contributed by atoms with Gasteiger partial charge in [0.05, 0.1) is 25.4 Å². The van der Waals surface area contributed by atoms with Gasteiger partial charge in [-0.2, -0.15) is 0 Å². The number of unbranched alkanes of at least 4 members (excludes halogenated alkanes) is 30. The Morgan fingerprint density at radius 1 is 0.468 bits per heavy atom. The molecule has 62 heavy (non-hydrogen) atoms. The second-order valence-electron chi connectivity index (χ2n) is 17.9. The molecule has 2 atom stereocenters. The molecule has 0 heterocycles. The average molecular weight is 868 g/mol. The highest BCUT2D eigenvalue weighted by atomic mass is 16.5. The smallest absolute Gasteiger partial charge is 0.305 e. The molecule has 360 valence electrons. The highest BCUT2D eigenvalue weighted by Gasteiger charge is 2.18. The molecule has 3 N–H and O–H groups in total. The third-order valence-electron chi connectivity index (χ3n) is 11.8. The minimum absolute atomic E-state index is 0.0385. The molecule has 0 bridgehead atoms. The summed E-state index contributed by atoms with van der Waals surface area (Å²) in [5, 5.41) is 23.1. The number of allylic oxidation sites excluding steroid dienone is 9. The summed E-state index contributed by atoms with van der Waals surface area (Å²) < 4.78 is 5.43. The van der Waals surface area contributed by atoms with Crippen molar-refractivity contribution >= 4 is 11.9 Å². The molecule has 0 radical (unpaired) electrons. The van der Waals surface area contributed by atoms with Gasteiger partial charge in [-0.25, -0.2) is 0 Å². The van der Waals surface area contributed by atoms with E-state index in [1.54, 1.807) is 6.08 Å². The number of hydrogen-bond acceptors (Lipinski definition) is 5. The lowest BCUT2D eigenvalue weighted by Crippen LogP contribution is -2.45. The molecule has 0 rings (SSSR count). The van der Waals surface area contributed by atoms with Crippen LogP contribution in [-0.4, -0.2) is 47.4 Å². The van der Waals surface area contributed by atoms with E-state index in [2.05, 4.69) is 67.8 Å². The van der Waals surface area contributed by atoms with Crippen molar-refractivity contribution in [2.75, 3.05) is 13.2 Å². The topological polar surface area (TPSA) is 95.9 Å². The number of ether oxygens (including phenoxy) is 1. The second kappa shape index (κ2) is 51.2. The number of aliphatic hydroxyl groups excluding tert-OH is 2. The first-order chi connectivity index (χ1) is 30.5. The summed E-state index contributed by atoms with van der Waals surface area (Å²) in [7, 11) is 0. The predicted molar refractivity (Wildman–Crippen MR) is 268 cm³/mol. The summed E-state index contributed by atoms with van der Waals surface area (Å²) in [5.74, 6) is -0.131. The van der Waals surface area contributed by atoms with Crippen LogP contribution in [0.5, 0.6) is 0 Å². The number of rotatable bonds is 48. The first-order valence-corrected chi connectivity index (χ1v) is 26.6. The first kappa shape index (κ1) is 59.6. The lowest BCUT2D eigenvalue weighted by atomic mass is 10.0. The van der Waals surface area contributed by atoms with E-state index in [1.165, 1.54) is 141 Å². The Bertz CT molecular complexity index is 1090. The lowest BCUT2D eigenvalue weighted by Gasteiger charge is -2.20. The number of esters is 1. The van der Waals surface area contributed by atoms with E-state index in [-0.39, 0.29) is 18.5 Å². The van der Waals surface area contributed by atoms with Crippen LogP contribution in [-0.2, 0) is 14.3 Å². The van der Waals surface area contributed by atoms with Crippen LogP contribution in [0.25, 0.3) is 0 Å². The maximum atomic E-state index is 12.4. The minimum Gasteiger partial charge on any atom is -0.466 e. The van der Waals surface area contributed by atoms with Gasteiger partial charge in [0.25, 0.3) is 0 Å². The number of hydrogen-bond donors (Lipinski definition) is 3. The molecule has 0 aliphatic carbocycles. The molecule has 0 fully saturated rings. The van der Waals surface area contributed by atoms with Gasteiger partial charge in [0.2, 0.25) is 5.91 Å². The molecule has 0 spiro atoms. The number of nitrogens with one attached hydrogen (secondary N) is 1. The molecule has 0 aromatic rings. The molecule has 0 aliphatic rings. The molecule has 2 unspecified atom stereocenters.